The predicted octanol–water partition coefficient (Wildman–Crippen LogP) is 2.45. The third kappa shape index (κ3) is 3.30. The Morgan fingerprint density at radius 3 is 2.77 bits per heavy atom. The molecule has 0 radical (unpaired) electrons. The van der Waals surface area contributed by atoms with Crippen molar-refractivity contribution in [1.82, 2.24) is 0 Å². The molecule has 0 bridgehead atoms. The van der Waals surface area contributed by atoms with Crippen molar-refractivity contribution in [1.29, 1.82) is 0 Å². The lowest BCUT2D eigenvalue weighted by atomic mass is 10.1. The summed E-state index contributed by atoms with van der Waals surface area (Å²) in [7, 11) is 0. The molecular weight excluding hydrogens is 286 g/mol. The number of rotatable bonds is 3. The van der Waals surface area contributed by atoms with Crippen LogP contribution in [0.15, 0.2) is 18.2 Å². The molecule has 1 aromatic carbocycles. The summed E-state index contributed by atoms with van der Waals surface area (Å²) in [6.07, 6.45) is 0.537. The van der Waals surface area contributed by atoms with E-state index in [1.54, 1.807) is 6.07 Å². The monoisotopic (exact) mass is 294 g/mol. The van der Waals surface area contributed by atoms with Gasteiger partial charge in [-0.15, -0.1) is 0 Å². The highest BCUT2D eigenvalue weighted by Crippen LogP contribution is 2.15. The summed E-state index contributed by atoms with van der Waals surface area (Å²) in [5.41, 5.74) is 0.879. The molecule has 0 aromatic heterocycles. The molecule has 0 unspecified atom stereocenters. The highest BCUT2D eigenvalue weighted by molar-refractivity contribution is 14.1. The molecule has 70 valence electrons. The summed E-state index contributed by atoms with van der Waals surface area (Å²) < 4.78 is 13.4. The van der Waals surface area contributed by atoms with Crippen molar-refractivity contribution in [3.8, 4) is 0 Å². The lowest BCUT2D eigenvalue weighted by Gasteiger charge is -2.01. The predicted molar refractivity (Wildman–Crippen MR) is 55.1 cm³/mol. The Labute approximate surface area is 88.9 Å². The number of benzene rings is 1. The van der Waals surface area contributed by atoms with Crippen LogP contribution in [-0.2, 0) is 11.2 Å². The van der Waals surface area contributed by atoms with Gasteiger partial charge in [-0.2, -0.15) is 0 Å². The van der Waals surface area contributed by atoms with Gasteiger partial charge in [0.05, 0.1) is 0 Å². The number of hydrogen-bond acceptors (Lipinski definition) is 1. The van der Waals surface area contributed by atoms with Gasteiger partial charge < -0.3 is 5.11 Å². The van der Waals surface area contributed by atoms with Gasteiger partial charge in [0.15, 0.2) is 0 Å². The Morgan fingerprint density at radius 2 is 2.23 bits per heavy atom. The van der Waals surface area contributed by atoms with Crippen LogP contribution in [0.1, 0.15) is 12.0 Å². The SMILES string of the molecule is O=C(O)CCc1ccc(F)cc1I. The van der Waals surface area contributed by atoms with E-state index in [0.717, 1.165) is 9.13 Å². The number of aliphatic carboxylic acids is 1. The van der Waals surface area contributed by atoms with Crippen molar-refractivity contribution >= 4 is 28.6 Å². The van der Waals surface area contributed by atoms with E-state index < -0.39 is 5.97 Å². The summed E-state index contributed by atoms with van der Waals surface area (Å²) >= 11 is 2.00. The number of carboxylic acid groups (broad SMARTS) is 1. The van der Waals surface area contributed by atoms with E-state index in [0.29, 0.717) is 6.42 Å². The highest BCUT2D eigenvalue weighted by atomic mass is 127. The second kappa shape index (κ2) is 4.55. The normalized spacial score (nSPS) is 10.0. The van der Waals surface area contributed by atoms with Crippen LogP contribution in [0.2, 0.25) is 0 Å². The number of hydrogen-bond donors (Lipinski definition) is 1. The topological polar surface area (TPSA) is 37.3 Å². The fourth-order valence-electron chi connectivity index (χ4n) is 0.966. The quantitative estimate of drug-likeness (QED) is 0.869. The first-order valence-electron chi connectivity index (χ1n) is 3.75. The molecule has 0 spiro atoms. The third-order valence-corrected chi connectivity index (χ3v) is 2.63. The van der Waals surface area contributed by atoms with Crippen LogP contribution < -0.4 is 0 Å². The molecule has 1 aromatic rings. The summed E-state index contributed by atoms with van der Waals surface area (Å²) in [6.45, 7) is 0. The van der Waals surface area contributed by atoms with Crippen molar-refractivity contribution in [2.45, 2.75) is 12.8 Å². The van der Waals surface area contributed by atoms with Gasteiger partial charge in [0.1, 0.15) is 5.82 Å². The minimum atomic E-state index is -0.833. The molecule has 0 saturated heterocycles. The number of carbonyl (C=O) groups is 1. The Bertz CT molecular complexity index is 325. The molecule has 1 N–H and O–H groups in total. The van der Waals surface area contributed by atoms with Gasteiger partial charge in [-0.1, -0.05) is 6.07 Å². The molecule has 0 aliphatic heterocycles. The molecular formula is C9H8FIO2. The van der Waals surface area contributed by atoms with Crippen molar-refractivity contribution in [2.24, 2.45) is 0 Å². The van der Waals surface area contributed by atoms with Crippen LogP contribution in [0.3, 0.4) is 0 Å². The number of halogens is 2. The Kier molecular flexibility index (Phi) is 3.65. The minimum absolute atomic E-state index is 0.0850. The molecule has 0 heterocycles. The minimum Gasteiger partial charge on any atom is -0.481 e. The Morgan fingerprint density at radius 1 is 1.54 bits per heavy atom. The van der Waals surface area contributed by atoms with E-state index in [4.69, 9.17) is 5.11 Å². The second-order valence-electron chi connectivity index (χ2n) is 2.63. The maximum Gasteiger partial charge on any atom is 0.303 e. The van der Waals surface area contributed by atoms with E-state index >= 15 is 0 Å². The summed E-state index contributed by atoms with van der Waals surface area (Å²) in [5.74, 6) is -1.12. The standard InChI is InChI=1S/C9H8FIO2/c10-7-3-1-6(8(11)5-7)2-4-9(12)13/h1,3,5H,2,4H2,(H,12,13). The first kappa shape index (κ1) is 10.4. The maximum absolute atomic E-state index is 12.6. The zero-order valence-corrected chi connectivity index (χ0v) is 8.92. The van der Waals surface area contributed by atoms with E-state index in [-0.39, 0.29) is 12.2 Å². The molecule has 0 aliphatic rings. The summed E-state index contributed by atoms with van der Waals surface area (Å²) in [4.78, 5) is 10.3. The van der Waals surface area contributed by atoms with Crippen LogP contribution in [0.25, 0.3) is 0 Å². The van der Waals surface area contributed by atoms with Crippen LogP contribution in [0.4, 0.5) is 4.39 Å². The summed E-state index contributed by atoms with van der Waals surface area (Å²) in [6, 6.07) is 4.37. The van der Waals surface area contributed by atoms with Crippen LogP contribution in [0.5, 0.6) is 0 Å². The summed E-state index contributed by atoms with van der Waals surface area (Å²) in [5, 5.41) is 8.44. The van der Waals surface area contributed by atoms with Crippen LogP contribution in [-0.4, -0.2) is 11.1 Å². The Hall–Kier alpha value is -0.650. The highest BCUT2D eigenvalue weighted by Gasteiger charge is 2.03. The van der Waals surface area contributed by atoms with E-state index in [1.807, 2.05) is 22.6 Å². The number of aryl methyl sites for hydroxylation is 1. The average molecular weight is 294 g/mol. The molecule has 0 aliphatic carbocycles. The second-order valence-corrected chi connectivity index (χ2v) is 3.79. The van der Waals surface area contributed by atoms with Crippen LogP contribution in [0, 0.1) is 9.39 Å². The molecule has 0 atom stereocenters. The van der Waals surface area contributed by atoms with Gasteiger partial charge in [0, 0.05) is 9.99 Å². The van der Waals surface area contributed by atoms with Gasteiger partial charge in [0.25, 0.3) is 0 Å². The van der Waals surface area contributed by atoms with Gasteiger partial charge in [-0.25, -0.2) is 4.39 Å². The van der Waals surface area contributed by atoms with Crippen molar-refractivity contribution in [3.05, 3.63) is 33.1 Å². The molecule has 2 nitrogen and oxygen atoms in total. The zero-order valence-electron chi connectivity index (χ0n) is 6.76. The fourth-order valence-corrected chi connectivity index (χ4v) is 1.71. The van der Waals surface area contributed by atoms with Crippen molar-refractivity contribution in [2.75, 3.05) is 0 Å². The fraction of sp³-hybridized carbons (Fsp3) is 0.222. The third-order valence-electron chi connectivity index (χ3n) is 1.62. The largest absolute Gasteiger partial charge is 0.481 e. The molecule has 0 saturated carbocycles. The van der Waals surface area contributed by atoms with Crippen molar-refractivity contribution < 1.29 is 14.3 Å². The van der Waals surface area contributed by atoms with E-state index in [2.05, 4.69) is 0 Å². The van der Waals surface area contributed by atoms with Gasteiger partial charge in [-0.3, -0.25) is 4.79 Å². The Balaban J connectivity index is 2.72. The molecule has 1 rings (SSSR count). The lowest BCUT2D eigenvalue weighted by Crippen LogP contribution is -1.99. The molecule has 4 heteroatoms. The smallest absolute Gasteiger partial charge is 0.303 e. The van der Waals surface area contributed by atoms with Gasteiger partial charge in [-0.05, 0) is 46.7 Å². The number of carboxylic acids is 1. The van der Waals surface area contributed by atoms with E-state index in [1.165, 1.54) is 12.1 Å². The van der Waals surface area contributed by atoms with Crippen molar-refractivity contribution in [3.63, 3.8) is 0 Å². The first-order chi connectivity index (χ1) is 6.09. The first-order valence-corrected chi connectivity index (χ1v) is 4.83. The van der Waals surface area contributed by atoms with E-state index in [9.17, 15) is 9.18 Å². The van der Waals surface area contributed by atoms with Crippen LogP contribution >= 0.6 is 22.6 Å². The average Bonchev–Trinajstić information content (AvgIpc) is 2.02. The zero-order chi connectivity index (χ0) is 9.84. The molecule has 0 amide bonds. The van der Waals surface area contributed by atoms with Gasteiger partial charge >= 0.3 is 5.97 Å². The lowest BCUT2D eigenvalue weighted by molar-refractivity contribution is -0.136. The molecule has 0 fully saturated rings. The molecule has 13 heavy (non-hydrogen) atoms. The maximum atomic E-state index is 12.6. The van der Waals surface area contributed by atoms with Gasteiger partial charge in [0.2, 0.25) is 0 Å².